The van der Waals surface area contributed by atoms with Gasteiger partial charge in [0.25, 0.3) is 0 Å². The van der Waals surface area contributed by atoms with Crippen molar-refractivity contribution >= 4 is 16.9 Å². The molecule has 2 atom stereocenters. The number of carbonyl (C=O) groups excluding carboxylic acids is 1. The summed E-state index contributed by atoms with van der Waals surface area (Å²) in [7, 11) is -0.247. The normalized spacial score (nSPS) is 19.1. The van der Waals surface area contributed by atoms with E-state index >= 15 is 0 Å². The van der Waals surface area contributed by atoms with Gasteiger partial charge in [-0.25, -0.2) is 4.79 Å². The number of benzene rings is 3. The Labute approximate surface area is 268 Å². The van der Waals surface area contributed by atoms with Crippen molar-refractivity contribution in [3.63, 3.8) is 0 Å². The molecular formula is C41H33O3S+. The first-order valence-corrected chi connectivity index (χ1v) is 16.4. The lowest BCUT2D eigenvalue weighted by Gasteiger charge is -2.40. The van der Waals surface area contributed by atoms with Crippen molar-refractivity contribution in [3.05, 3.63) is 167 Å². The molecule has 3 aromatic rings. The van der Waals surface area contributed by atoms with Crippen LogP contribution in [0.5, 0.6) is 5.75 Å². The van der Waals surface area contributed by atoms with Gasteiger partial charge in [0.15, 0.2) is 26.9 Å². The van der Waals surface area contributed by atoms with E-state index in [1.165, 1.54) is 37.0 Å². The van der Waals surface area contributed by atoms with Gasteiger partial charge < -0.3 is 9.47 Å². The molecule has 0 radical (unpaired) electrons. The van der Waals surface area contributed by atoms with Crippen LogP contribution in [0.2, 0.25) is 0 Å². The number of allylic oxidation sites excluding steroid dienone is 14. The molecular weight excluding hydrogens is 573 g/mol. The summed E-state index contributed by atoms with van der Waals surface area (Å²) < 4.78 is 11.6. The van der Waals surface area contributed by atoms with E-state index in [2.05, 4.69) is 127 Å². The predicted molar refractivity (Wildman–Crippen MR) is 181 cm³/mol. The molecule has 4 aliphatic carbocycles. The molecule has 0 spiro atoms. The van der Waals surface area contributed by atoms with Crippen LogP contribution < -0.4 is 4.74 Å². The van der Waals surface area contributed by atoms with Crippen LogP contribution in [0.4, 0.5) is 0 Å². The van der Waals surface area contributed by atoms with Gasteiger partial charge in [0, 0.05) is 17.4 Å². The van der Waals surface area contributed by atoms with E-state index in [0.717, 1.165) is 5.57 Å². The van der Waals surface area contributed by atoms with Crippen molar-refractivity contribution in [2.75, 3.05) is 6.61 Å². The van der Waals surface area contributed by atoms with Crippen molar-refractivity contribution in [3.8, 4) is 17.6 Å². The van der Waals surface area contributed by atoms with Crippen molar-refractivity contribution in [1.29, 1.82) is 0 Å². The summed E-state index contributed by atoms with van der Waals surface area (Å²) in [6.07, 6.45) is 19.6. The zero-order valence-corrected chi connectivity index (χ0v) is 26.1. The number of carbonyl (C=O) groups is 1. The zero-order valence-electron chi connectivity index (χ0n) is 25.3. The Kier molecular flexibility index (Phi) is 7.79. The Morgan fingerprint density at radius 1 is 0.733 bits per heavy atom. The Morgan fingerprint density at radius 3 is 2.00 bits per heavy atom. The van der Waals surface area contributed by atoms with Gasteiger partial charge in [-0.1, -0.05) is 96.8 Å². The predicted octanol–water partition coefficient (Wildman–Crippen LogP) is 8.52. The van der Waals surface area contributed by atoms with E-state index < -0.39 is 11.6 Å². The highest BCUT2D eigenvalue weighted by Gasteiger charge is 2.39. The maximum atomic E-state index is 12.9. The van der Waals surface area contributed by atoms with Gasteiger partial charge in [0.1, 0.15) is 5.75 Å². The Hall–Kier alpha value is -4.98. The van der Waals surface area contributed by atoms with E-state index in [1.54, 1.807) is 0 Å². The molecule has 0 N–H and O–H groups in total. The summed E-state index contributed by atoms with van der Waals surface area (Å²) in [4.78, 5) is 16.5. The maximum Gasteiger partial charge on any atom is 0.345 e. The number of hydrogen-bond donors (Lipinski definition) is 0. The molecule has 7 rings (SSSR count). The highest BCUT2D eigenvalue weighted by atomic mass is 32.2. The first-order valence-electron chi connectivity index (χ1n) is 15.2. The SMILES string of the molecule is CC(C)(C#CC1=CC2=CC=CC3=CC=C4C=CC=C1C4C32)OC(=O)COc1ccc([S+](c2ccccc2)c2ccccc2)cc1. The molecule has 0 heterocycles. The molecule has 0 aromatic heterocycles. The average Bonchev–Trinajstić information content (AvgIpc) is 3.07. The monoisotopic (exact) mass is 605 g/mol. The van der Waals surface area contributed by atoms with Crippen molar-refractivity contribution in [1.82, 2.24) is 0 Å². The zero-order chi connectivity index (χ0) is 30.8. The van der Waals surface area contributed by atoms with Crippen molar-refractivity contribution in [2.45, 2.75) is 34.1 Å². The second-order valence-electron chi connectivity index (χ2n) is 11.8. The molecule has 0 saturated heterocycles. The number of rotatable bonds is 7. The van der Waals surface area contributed by atoms with Crippen molar-refractivity contribution in [2.24, 2.45) is 11.8 Å². The lowest BCUT2D eigenvalue weighted by atomic mass is 9.62. The molecule has 220 valence electrons. The van der Waals surface area contributed by atoms with Crippen LogP contribution in [-0.4, -0.2) is 18.2 Å². The molecule has 3 nitrogen and oxygen atoms in total. The van der Waals surface area contributed by atoms with Gasteiger partial charge in [0.2, 0.25) is 0 Å². The first-order chi connectivity index (χ1) is 21.9. The minimum atomic E-state index is -0.982. The molecule has 0 aliphatic heterocycles. The molecule has 0 bridgehead atoms. The summed E-state index contributed by atoms with van der Waals surface area (Å²) in [6.45, 7) is 3.44. The maximum absolute atomic E-state index is 12.9. The molecule has 45 heavy (non-hydrogen) atoms. The highest BCUT2D eigenvalue weighted by molar-refractivity contribution is 7.97. The third-order valence-corrected chi connectivity index (χ3v) is 10.4. The van der Waals surface area contributed by atoms with Gasteiger partial charge in [-0.2, -0.15) is 0 Å². The molecule has 0 amide bonds. The standard InChI is InChI=1S/C41H33O3S/c1-41(2,26-25-31-27-32-13-9-11-29-19-20-30-12-10-18-37(31)40(30)39(29)32)44-38(42)28-43-33-21-23-36(24-22-33)45(34-14-5-3-6-15-34)35-16-7-4-8-17-35/h3-24,27,39-40H,28H2,1-2H3/q+1. The third-order valence-electron chi connectivity index (χ3n) is 8.22. The average molecular weight is 606 g/mol. The first kappa shape index (κ1) is 28.8. The molecule has 0 fully saturated rings. The fourth-order valence-corrected chi connectivity index (χ4v) is 8.32. The molecule has 3 aromatic carbocycles. The second kappa shape index (κ2) is 12.2. The summed E-state index contributed by atoms with van der Waals surface area (Å²) in [5.74, 6) is 7.33. The summed E-state index contributed by atoms with van der Waals surface area (Å²) >= 11 is 0. The second-order valence-corrected chi connectivity index (χ2v) is 13.8. The third kappa shape index (κ3) is 6.05. The van der Waals surface area contributed by atoms with E-state index in [0.29, 0.717) is 11.7 Å². The van der Waals surface area contributed by atoms with Crippen LogP contribution in [0.3, 0.4) is 0 Å². The smallest absolute Gasteiger partial charge is 0.345 e. The molecule has 2 unspecified atom stereocenters. The largest absolute Gasteiger partial charge is 0.482 e. The van der Waals surface area contributed by atoms with Crippen LogP contribution in [-0.2, 0) is 20.4 Å². The Morgan fingerprint density at radius 2 is 1.33 bits per heavy atom. The van der Waals surface area contributed by atoms with E-state index in [4.69, 9.17) is 9.47 Å². The summed E-state index contributed by atoms with van der Waals surface area (Å²) in [6, 6.07) is 29.0. The minimum absolute atomic E-state index is 0.196. The number of ether oxygens (including phenoxy) is 2. The van der Waals surface area contributed by atoms with E-state index in [1.807, 2.05) is 38.1 Å². The van der Waals surface area contributed by atoms with Crippen LogP contribution in [0.1, 0.15) is 13.8 Å². The number of hydrogen-bond acceptors (Lipinski definition) is 3. The topological polar surface area (TPSA) is 35.5 Å². The molecule has 4 aliphatic rings. The Bertz CT molecular complexity index is 1870. The highest BCUT2D eigenvalue weighted by Crippen LogP contribution is 2.50. The van der Waals surface area contributed by atoms with Crippen LogP contribution >= 0.6 is 0 Å². The summed E-state index contributed by atoms with van der Waals surface area (Å²) in [5.41, 5.74) is 5.12. The minimum Gasteiger partial charge on any atom is -0.482 e. The van der Waals surface area contributed by atoms with Crippen LogP contribution in [0.15, 0.2) is 182 Å². The number of esters is 1. The van der Waals surface area contributed by atoms with Gasteiger partial charge in [-0.3, -0.25) is 0 Å². The lowest BCUT2D eigenvalue weighted by molar-refractivity contribution is -0.154. The van der Waals surface area contributed by atoms with Gasteiger partial charge in [0.05, 0.1) is 10.9 Å². The van der Waals surface area contributed by atoms with E-state index in [9.17, 15) is 4.79 Å². The van der Waals surface area contributed by atoms with Crippen LogP contribution in [0.25, 0.3) is 0 Å². The quantitative estimate of drug-likeness (QED) is 0.154. The molecule has 4 heteroatoms. The Balaban J connectivity index is 1.02. The van der Waals surface area contributed by atoms with Gasteiger partial charge in [-0.15, -0.1) is 0 Å². The van der Waals surface area contributed by atoms with Gasteiger partial charge >= 0.3 is 5.97 Å². The molecule has 0 saturated carbocycles. The van der Waals surface area contributed by atoms with E-state index in [-0.39, 0.29) is 23.4 Å². The lowest BCUT2D eigenvalue weighted by Crippen LogP contribution is -2.31. The van der Waals surface area contributed by atoms with Crippen LogP contribution in [0, 0.1) is 23.7 Å². The summed E-state index contributed by atoms with van der Waals surface area (Å²) in [5, 5.41) is 0. The van der Waals surface area contributed by atoms with Crippen molar-refractivity contribution < 1.29 is 14.3 Å². The fourth-order valence-electron chi connectivity index (χ4n) is 6.23. The van der Waals surface area contributed by atoms with Gasteiger partial charge in [-0.05, 0) is 90.7 Å². The fraction of sp³-hybridized carbons (Fsp3) is 0.146.